The van der Waals surface area contributed by atoms with Gasteiger partial charge in [0.05, 0.1) is 0 Å². The molecular formula is C11H15BrN2O2. The molecule has 4 nitrogen and oxygen atoms in total. The molecule has 0 fully saturated rings. The van der Waals surface area contributed by atoms with Crippen LogP contribution in [0, 0.1) is 5.92 Å². The first kappa shape index (κ1) is 13.0. The van der Waals surface area contributed by atoms with Crippen LogP contribution in [0.1, 0.15) is 24.2 Å². The molecule has 0 bridgehead atoms. The third kappa shape index (κ3) is 3.20. The second kappa shape index (κ2) is 5.84. The summed E-state index contributed by atoms with van der Waals surface area (Å²) in [4.78, 5) is 25.9. The average Bonchev–Trinajstić information content (AvgIpc) is 2.28. The van der Waals surface area contributed by atoms with E-state index in [1.165, 1.54) is 18.5 Å². The van der Waals surface area contributed by atoms with Crippen LogP contribution < -0.4 is 10.7 Å². The molecule has 1 aromatic heterocycles. The highest BCUT2D eigenvalue weighted by Crippen LogP contribution is 2.06. The van der Waals surface area contributed by atoms with Crippen molar-refractivity contribution < 1.29 is 4.79 Å². The number of pyridine rings is 1. The first-order valence-electron chi connectivity index (χ1n) is 5.10. The molecule has 1 aromatic rings. The maximum absolute atomic E-state index is 11.7. The highest BCUT2D eigenvalue weighted by molar-refractivity contribution is 9.09. The van der Waals surface area contributed by atoms with Crippen LogP contribution in [0.2, 0.25) is 0 Å². The lowest BCUT2D eigenvalue weighted by Gasteiger charge is -2.18. The van der Waals surface area contributed by atoms with Gasteiger partial charge in [-0.25, -0.2) is 0 Å². The lowest BCUT2D eigenvalue weighted by molar-refractivity contribution is 0.0929. The Morgan fingerprint density at radius 2 is 2.25 bits per heavy atom. The Balaban J connectivity index is 2.74. The predicted octanol–water partition coefficient (Wildman–Crippen LogP) is 1.52. The molecule has 2 unspecified atom stereocenters. The number of carbonyl (C=O) groups excluding carboxylic acids is 1. The standard InChI is InChI=1S/C11H15BrN2O2/c1-7(5-12)8(2)14-11(16)9-6-13-4-3-10(9)15/h3-4,6-8H,5H2,1-2H3,(H,13,15)(H,14,16). The molecule has 0 aliphatic heterocycles. The Hall–Kier alpha value is -1.10. The van der Waals surface area contributed by atoms with Crippen molar-refractivity contribution in [2.75, 3.05) is 5.33 Å². The van der Waals surface area contributed by atoms with Gasteiger partial charge >= 0.3 is 0 Å². The van der Waals surface area contributed by atoms with Gasteiger partial charge in [-0.05, 0) is 12.8 Å². The Morgan fingerprint density at radius 3 is 2.81 bits per heavy atom. The first-order chi connectivity index (χ1) is 7.56. The smallest absolute Gasteiger partial charge is 0.256 e. The molecule has 88 valence electrons. The Kier molecular flexibility index (Phi) is 4.73. The molecule has 0 radical (unpaired) electrons. The Bertz CT molecular complexity index is 416. The average molecular weight is 287 g/mol. The van der Waals surface area contributed by atoms with Gasteiger partial charge in [0, 0.05) is 29.8 Å². The minimum Gasteiger partial charge on any atom is -0.367 e. The zero-order valence-electron chi connectivity index (χ0n) is 9.29. The van der Waals surface area contributed by atoms with Crippen LogP contribution in [0.3, 0.4) is 0 Å². The molecule has 0 saturated carbocycles. The van der Waals surface area contributed by atoms with Crippen LogP contribution in [0.25, 0.3) is 0 Å². The van der Waals surface area contributed by atoms with Gasteiger partial charge in [0.2, 0.25) is 0 Å². The van der Waals surface area contributed by atoms with Gasteiger partial charge in [-0.1, -0.05) is 22.9 Å². The molecule has 0 aliphatic rings. The second-order valence-electron chi connectivity index (χ2n) is 3.82. The van der Waals surface area contributed by atoms with E-state index in [-0.39, 0.29) is 22.9 Å². The molecule has 2 atom stereocenters. The molecule has 16 heavy (non-hydrogen) atoms. The fraction of sp³-hybridized carbons (Fsp3) is 0.455. The van der Waals surface area contributed by atoms with Crippen molar-refractivity contribution in [1.29, 1.82) is 0 Å². The number of nitrogens with one attached hydrogen (secondary N) is 2. The van der Waals surface area contributed by atoms with Gasteiger partial charge in [0.1, 0.15) is 5.56 Å². The predicted molar refractivity (Wildman–Crippen MR) is 66.9 cm³/mol. The van der Waals surface area contributed by atoms with Gasteiger partial charge < -0.3 is 10.3 Å². The van der Waals surface area contributed by atoms with Crippen LogP contribution in [0.4, 0.5) is 0 Å². The highest BCUT2D eigenvalue weighted by Gasteiger charge is 2.16. The van der Waals surface area contributed by atoms with Crippen molar-refractivity contribution in [2.45, 2.75) is 19.9 Å². The number of aromatic nitrogens is 1. The van der Waals surface area contributed by atoms with Crippen molar-refractivity contribution >= 4 is 21.8 Å². The minimum atomic E-state index is -0.331. The monoisotopic (exact) mass is 286 g/mol. The van der Waals surface area contributed by atoms with Crippen molar-refractivity contribution in [2.24, 2.45) is 5.92 Å². The molecule has 2 N–H and O–H groups in total. The summed E-state index contributed by atoms with van der Waals surface area (Å²) in [5, 5.41) is 3.60. The molecule has 5 heteroatoms. The third-order valence-electron chi connectivity index (χ3n) is 2.52. The molecule has 0 aromatic carbocycles. The van der Waals surface area contributed by atoms with E-state index in [9.17, 15) is 9.59 Å². The van der Waals surface area contributed by atoms with Gasteiger partial charge in [-0.2, -0.15) is 0 Å². The van der Waals surface area contributed by atoms with Crippen molar-refractivity contribution in [1.82, 2.24) is 10.3 Å². The van der Waals surface area contributed by atoms with E-state index < -0.39 is 0 Å². The largest absolute Gasteiger partial charge is 0.367 e. The number of halogens is 1. The summed E-state index contributed by atoms with van der Waals surface area (Å²) in [7, 11) is 0. The summed E-state index contributed by atoms with van der Waals surface area (Å²) < 4.78 is 0. The van der Waals surface area contributed by atoms with E-state index >= 15 is 0 Å². The quantitative estimate of drug-likeness (QED) is 0.825. The number of H-pyrrole nitrogens is 1. The van der Waals surface area contributed by atoms with Crippen molar-refractivity contribution in [3.05, 3.63) is 34.2 Å². The Labute approximate surface area is 103 Å². The zero-order chi connectivity index (χ0) is 12.1. The summed E-state index contributed by atoms with van der Waals surface area (Å²) in [6, 6.07) is 1.36. The van der Waals surface area contributed by atoms with Crippen LogP contribution in [0.15, 0.2) is 23.3 Å². The third-order valence-corrected chi connectivity index (χ3v) is 3.55. The molecular weight excluding hydrogens is 272 g/mol. The number of hydrogen-bond donors (Lipinski definition) is 2. The molecule has 0 spiro atoms. The molecule has 0 aliphatic carbocycles. The molecule has 1 rings (SSSR count). The first-order valence-corrected chi connectivity index (χ1v) is 6.22. The molecule has 0 saturated heterocycles. The Morgan fingerprint density at radius 1 is 1.56 bits per heavy atom. The lowest BCUT2D eigenvalue weighted by Crippen LogP contribution is -2.39. The number of hydrogen-bond acceptors (Lipinski definition) is 2. The van der Waals surface area contributed by atoms with Crippen LogP contribution >= 0.6 is 15.9 Å². The number of alkyl halides is 1. The van der Waals surface area contributed by atoms with Gasteiger partial charge in [-0.15, -0.1) is 0 Å². The fourth-order valence-corrected chi connectivity index (χ4v) is 1.71. The highest BCUT2D eigenvalue weighted by atomic mass is 79.9. The number of amides is 1. The van der Waals surface area contributed by atoms with E-state index in [2.05, 4.69) is 26.2 Å². The second-order valence-corrected chi connectivity index (χ2v) is 4.46. The van der Waals surface area contributed by atoms with E-state index in [1.807, 2.05) is 13.8 Å². The van der Waals surface area contributed by atoms with Gasteiger partial charge in [-0.3, -0.25) is 9.59 Å². The minimum absolute atomic E-state index is 0.0199. The van der Waals surface area contributed by atoms with Gasteiger partial charge in [0.25, 0.3) is 5.91 Å². The number of carbonyl (C=O) groups is 1. The summed E-state index contributed by atoms with van der Waals surface area (Å²) >= 11 is 3.36. The van der Waals surface area contributed by atoms with E-state index in [1.54, 1.807) is 0 Å². The lowest BCUT2D eigenvalue weighted by atomic mass is 10.1. The normalized spacial score (nSPS) is 14.2. The maximum atomic E-state index is 11.7. The molecule has 1 amide bonds. The zero-order valence-corrected chi connectivity index (χ0v) is 10.9. The van der Waals surface area contributed by atoms with Crippen LogP contribution in [-0.4, -0.2) is 22.3 Å². The van der Waals surface area contributed by atoms with E-state index in [4.69, 9.17) is 0 Å². The fourth-order valence-electron chi connectivity index (χ4n) is 1.15. The molecule has 1 heterocycles. The van der Waals surface area contributed by atoms with Crippen molar-refractivity contribution in [3.8, 4) is 0 Å². The SMILES string of the molecule is CC(CBr)C(C)NC(=O)c1c[nH]ccc1=O. The van der Waals surface area contributed by atoms with Gasteiger partial charge in [0.15, 0.2) is 5.43 Å². The number of aromatic amines is 1. The summed E-state index contributed by atoms with van der Waals surface area (Å²) in [5.74, 6) is -0.0195. The van der Waals surface area contributed by atoms with Crippen LogP contribution in [0.5, 0.6) is 0 Å². The van der Waals surface area contributed by atoms with E-state index in [0.29, 0.717) is 5.92 Å². The summed E-state index contributed by atoms with van der Waals surface area (Å²) in [6.45, 7) is 3.94. The number of rotatable bonds is 4. The summed E-state index contributed by atoms with van der Waals surface area (Å²) in [5.41, 5.74) is -0.119. The maximum Gasteiger partial charge on any atom is 0.256 e. The topological polar surface area (TPSA) is 62.0 Å². The van der Waals surface area contributed by atoms with Crippen molar-refractivity contribution in [3.63, 3.8) is 0 Å². The van der Waals surface area contributed by atoms with Crippen LogP contribution in [-0.2, 0) is 0 Å². The summed E-state index contributed by atoms with van der Waals surface area (Å²) in [6.07, 6.45) is 2.92. The van der Waals surface area contributed by atoms with E-state index in [0.717, 1.165) is 5.33 Å².